The molecule has 29 heavy (non-hydrogen) atoms. The summed E-state index contributed by atoms with van der Waals surface area (Å²) in [5, 5.41) is 0.496. The second-order valence-electron chi connectivity index (χ2n) is 6.54. The van der Waals surface area contributed by atoms with Crippen molar-refractivity contribution in [2.24, 2.45) is 14.1 Å². The number of hydrogen-bond acceptors (Lipinski definition) is 4. The number of aryl methyl sites for hydroxylation is 2. The Kier molecular flexibility index (Phi) is 4.71. The van der Waals surface area contributed by atoms with Crippen molar-refractivity contribution >= 4 is 22.8 Å². The molecule has 9 heteroatoms. The Labute approximate surface area is 169 Å². The summed E-state index contributed by atoms with van der Waals surface area (Å²) in [4.78, 5) is 30.1. The van der Waals surface area contributed by atoms with E-state index in [1.165, 1.54) is 40.4 Å². The van der Waals surface area contributed by atoms with Crippen LogP contribution in [0, 0.1) is 5.82 Å². The minimum absolute atomic E-state index is 0.0113. The highest BCUT2D eigenvalue weighted by atomic mass is 35.5. The fourth-order valence-corrected chi connectivity index (χ4v) is 3.24. The summed E-state index contributed by atoms with van der Waals surface area (Å²) >= 11 is 5.98. The number of hydrogen-bond donors (Lipinski definition) is 0. The van der Waals surface area contributed by atoms with Crippen molar-refractivity contribution in [3.05, 3.63) is 85.8 Å². The van der Waals surface area contributed by atoms with Crippen LogP contribution >= 0.6 is 11.6 Å². The van der Waals surface area contributed by atoms with E-state index in [1.54, 1.807) is 31.3 Å². The van der Waals surface area contributed by atoms with Gasteiger partial charge in [0.1, 0.15) is 11.6 Å². The first-order valence-electron chi connectivity index (χ1n) is 8.69. The third-order valence-corrected chi connectivity index (χ3v) is 4.81. The summed E-state index contributed by atoms with van der Waals surface area (Å²) in [5.41, 5.74) is 0.00578. The van der Waals surface area contributed by atoms with Crippen molar-refractivity contribution in [1.29, 1.82) is 0 Å². The number of aromatic nitrogens is 4. The molecule has 0 fully saturated rings. The Morgan fingerprint density at radius 1 is 1.07 bits per heavy atom. The molecule has 0 aliphatic heterocycles. The third kappa shape index (κ3) is 3.42. The lowest BCUT2D eigenvalue weighted by atomic mass is 10.2. The van der Waals surface area contributed by atoms with Crippen molar-refractivity contribution in [1.82, 2.24) is 18.7 Å². The van der Waals surface area contributed by atoms with E-state index in [4.69, 9.17) is 16.3 Å². The highest BCUT2D eigenvalue weighted by Crippen LogP contribution is 2.25. The van der Waals surface area contributed by atoms with Crippen LogP contribution in [0.5, 0.6) is 11.8 Å². The van der Waals surface area contributed by atoms with E-state index in [0.29, 0.717) is 16.3 Å². The van der Waals surface area contributed by atoms with Gasteiger partial charge in [-0.15, -0.1) is 0 Å². The van der Waals surface area contributed by atoms with E-state index in [2.05, 4.69) is 4.98 Å². The van der Waals surface area contributed by atoms with E-state index in [-0.39, 0.29) is 29.5 Å². The van der Waals surface area contributed by atoms with Gasteiger partial charge in [-0.25, -0.2) is 9.18 Å². The Morgan fingerprint density at radius 2 is 1.79 bits per heavy atom. The quantitative estimate of drug-likeness (QED) is 0.514. The first kappa shape index (κ1) is 18.9. The van der Waals surface area contributed by atoms with Crippen LogP contribution in [0.15, 0.2) is 58.1 Å². The largest absolute Gasteiger partial charge is 0.425 e. The fourth-order valence-electron chi connectivity index (χ4n) is 3.06. The molecule has 0 saturated carbocycles. The van der Waals surface area contributed by atoms with Crippen LogP contribution in [-0.2, 0) is 20.6 Å². The molecule has 0 amide bonds. The average Bonchev–Trinajstić information content (AvgIpc) is 3.01. The van der Waals surface area contributed by atoms with Crippen molar-refractivity contribution in [2.45, 2.75) is 6.54 Å². The Balaban J connectivity index is 1.83. The Morgan fingerprint density at radius 3 is 2.48 bits per heavy atom. The lowest BCUT2D eigenvalue weighted by molar-refractivity contribution is 0.427. The van der Waals surface area contributed by atoms with Crippen LogP contribution in [0.1, 0.15) is 5.56 Å². The number of halogens is 2. The van der Waals surface area contributed by atoms with E-state index in [0.717, 1.165) is 4.57 Å². The molecule has 2 aromatic carbocycles. The maximum Gasteiger partial charge on any atom is 0.332 e. The van der Waals surface area contributed by atoms with Crippen LogP contribution in [-0.4, -0.2) is 18.7 Å². The third-order valence-electron chi connectivity index (χ3n) is 4.58. The molecule has 0 aliphatic rings. The zero-order valence-electron chi connectivity index (χ0n) is 15.6. The molecular formula is C20H16ClFN4O3. The lowest BCUT2D eigenvalue weighted by Crippen LogP contribution is -2.39. The predicted molar refractivity (Wildman–Crippen MR) is 107 cm³/mol. The molecule has 2 heterocycles. The maximum absolute atomic E-state index is 13.1. The minimum atomic E-state index is -0.528. The first-order chi connectivity index (χ1) is 13.8. The summed E-state index contributed by atoms with van der Waals surface area (Å²) in [6.07, 6.45) is 0. The standard InChI is InChI=1S/C20H16ClFN4O3/c1-24-16-17(23-19(24)29-15-5-3-4-13(21)10-15)25(2)20(28)26(18(16)27)11-12-6-8-14(22)9-7-12/h3-10H,11H2,1-2H3. The van der Waals surface area contributed by atoms with Gasteiger partial charge in [0.25, 0.3) is 5.56 Å². The summed E-state index contributed by atoms with van der Waals surface area (Å²) in [5.74, 6) is 0.0615. The molecule has 0 aliphatic carbocycles. The van der Waals surface area contributed by atoms with Crippen LogP contribution in [0.25, 0.3) is 11.2 Å². The van der Waals surface area contributed by atoms with Crippen molar-refractivity contribution < 1.29 is 9.13 Å². The van der Waals surface area contributed by atoms with Crippen LogP contribution < -0.4 is 16.0 Å². The fraction of sp³-hybridized carbons (Fsp3) is 0.150. The summed E-state index contributed by atoms with van der Waals surface area (Å²) in [6.45, 7) is 0.0113. The zero-order chi connectivity index (χ0) is 20.7. The van der Waals surface area contributed by atoms with Crippen LogP contribution in [0.4, 0.5) is 4.39 Å². The number of rotatable bonds is 4. The lowest BCUT2D eigenvalue weighted by Gasteiger charge is -2.09. The number of benzene rings is 2. The first-order valence-corrected chi connectivity index (χ1v) is 9.07. The Hall–Kier alpha value is -3.39. The van der Waals surface area contributed by atoms with Gasteiger partial charge < -0.3 is 4.74 Å². The number of imidazole rings is 1. The molecule has 4 aromatic rings. The van der Waals surface area contributed by atoms with E-state index < -0.39 is 11.2 Å². The van der Waals surface area contributed by atoms with Gasteiger partial charge in [-0.2, -0.15) is 4.98 Å². The maximum atomic E-state index is 13.1. The van der Waals surface area contributed by atoms with E-state index in [9.17, 15) is 14.0 Å². The van der Waals surface area contributed by atoms with Gasteiger partial charge >= 0.3 is 11.7 Å². The molecule has 7 nitrogen and oxygen atoms in total. The summed E-state index contributed by atoms with van der Waals surface area (Å²) in [7, 11) is 3.16. The van der Waals surface area contributed by atoms with Crippen molar-refractivity contribution in [3.63, 3.8) is 0 Å². The second kappa shape index (κ2) is 7.21. The molecular weight excluding hydrogens is 399 g/mol. The summed E-state index contributed by atoms with van der Waals surface area (Å²) in [6, 6.07) is 12.5. The molecule has 0 unspecified atom stereocenters. The topological polar surface area (TPSA) is 71.1 Å². The molecule has 0 spiro atoms. The second-order valence-corrected chi connectivity index (χ2v) is 6.98. The van der Waals surface area contributed by atoms with Crippen molar-refractivity contribution in [2.75, 3.05) is 0 Å². The highest BCUT2D eigenvalue weighted by molar-refractivity contribution is 6.30. The zero-order valence-corrected chi connectivity index (χ0v) is 16.4. The molecule has 0 atom stereocenters. The van der Waals surface area contributed by atoms with Gasteiger partial charge in [-0.05, 0) is 35.9 Å². The average molecular weight is 415 g/mol. The SMILES string of the molecule is Cn1c(Oc2cccc(Cl)c2)nc2c1c(=O)n(Cc1ccc(F)cc1)c(=O)n2C. The number of nitrogens with zero attached hydrogens (tertiary/aromatic N) is 4. The monoisotopic (exact) mass is 414 g/mol. The highest BCUT2D eigenvalue weighted by Gasteiger charge is 2.20. The smallest absolute Gasteiger partial charge is 0.332 e. The molecule has 148 valence electrons. The molecule has 0 radical (unpaired) electrons. The van der Waals surface area contributed by atoms with Gasteiger partial charge in [0.05, 0.1) is 6.54 Å². The molecule has 0 saturated heterocycles. The minimum Gasteiger partial charge on any atom is -0.425 e. The van der Waals surface area contributed by atoms with Crippen LogP contribution in [0.3, 0.4) is 0 Å². The molecule has 4 rings (SSSR count). The van der Waals surface area contributed by atoms with Gasteiger partial charge in [-0.3, -0.25) is 18.5 Å². The van der Waals surface area contributed by atoms with Gasteiger partial charge in [0.2, 0.25) is 0 Å². The molecule has 0 bridgehead atoms. The molecule has 0 N–H and O–H groups in total. The van der Waals surface area contributed by atoms with Gasteiger partial charge in [-0.1, -0.05) is 29.8 Å². The molecule has 2 aromatic heterocycles. The predicted octanol–water partition coefficient (Wildman–Crippen LogP) is 3.07. The summed E-state index contributed by atoms with van der Waals surface area (Å²) < 4.78 is 22.8. The van der Waals surface area contributed by atoms with Gasteiger partial charge in [0, 0.05) is 19.1 Å². The van der Waals surface area contributed by atoms with E-state index >= 15 is 0 Å². The van der Waals surface area contributed by atoms with Gasteiger partial charge in [0.15, 0.2) is 11.2 Å². The normalized spacial score (nSPS) is 11.2. The van der Waals surface area contributed by atoms with Crippen molar-refractivity contribution in [3.8, 4) is 11.8 Å². The van der Waals surface area contributed by atoms with Crippen LogP contribution in [0.2, 0.25) is 5.02 Å². The number of ether oxygens (including phenoxy) is 1. The number of fused-ring (bicyclic) bond motifs is 1. The van der Waals surface area contributed by atoms with E-state index in [1.807, 2.05) is 0 Å². The Bertz CT molecular complexity index is 1340.